The van der Waals surface area contributed by atoms with Gasteiger partial charge in [0.2, 0.25) is 11.1 Å². The molecule has 0 radical (unpaired) electrons. The van der Waals surface area contributed by atoms with E-state index < -0.39 is 17.6 Å². The van der Waals surface area contributed by atoms with E-state index in [4.69, 9.17) is 11.6 Å². The average Bonchev–Trinajstić information content (AvgIpc) is 3.14. The van der Waals surface area contributed by atoms with Crippen LogP contribution < -0.4 is 5.32 Å². The molecule has 0 spiro atoms. The van der Waals surface area contributed by atoms with Crippen molar-refractivity contribution in [1.82, 2.24) is 15.2 Å². The molecule has 0 saturated heterocycles. The number of nitrogens with zero attached hydrogens (tertiary/aromatic N) is 2. The Hall–Kier alpha value is -2.78. The Morgan fingerprint density at radius 2 is 1.93 bits per heavy atom. The highest BCUT2D eigenvalue weighted by Gasteiger charge is 2.34. The summed E-state index contributed by atoms with van der Waals surface area (Å²) in [4.78, 5) is 16.3. The van der Waals surface area contributed by atoms with Gasteiger partial charge in [0.15, 0.2) is 0 Å². The molecule has 0 bridgehead atoms. The van der Waals surface area contributed by atoms with Crippen LogP contribution in [0.1, 0.15) is 17.0 Å². The summed E-state index contributed by atoms with van der Waals surface area (Å²) in [7, 11) is 0. The number of alkyl halides is 3. The lowest BCUT2D eigenvalue weighted by atomic mass is 10.1. The van der Waals surface area contributed by atoms with Crippen molar-refractivity contribution >= 4 is 47.1 Å². The van der Waals surface area contributed by atoms with Crippen molar-refractivity contribution in [2.24, 2.45) is 0 Å². The first kappa shape index (κ1) is 20.9. The van der Waals surface area contributed by atoms with Gasteiger partial charge in [-0.3, -0.25) is 9.89 Å². The Labute approximate surface area is 173 Å². The molecule has 0 unspecified atom stereocenters. The van der Waals surface area contributed by atoms with Gasteiger partial charge in [0.05, 0.1) is 17.0 Å². The van der Waals surface area contributed by atoms with Crippen LogP contribution in [0.5, 0.6) is 0 Å². The molecule has 1 heterocycles. The lowest BCUT2D eigenvalue weighted by Crippen LogP contribution is -2.18. The van der Waals surface area contributed by atoms with Crippen molar-refractivity contribution in [3.8, 4) is 0 Å². The molecule has 0 aliphatic rings. The Kier molecular flexibility index (Phi) is 6.60. The van der Waals surface area contributed by atoms with Crippen molar-refractivity contribution in [3.63, 3.8) is 0 Å². The van der Waals surface area contributed by atoms with E-state index in [1.54, 1.807) is 6.08 Å². The lowest BCUT2D eigenvalue weighted by molar-refractivity contribution is -0.137. The maximum atomic E-state index is 13.1. The van der Waals surface area contributed by atoms with Gasteiger partial charge in [-0.15, -0.1) is 5.10 Å². The fourth-order valence-corrected chi connectivity index (χ4v) is 3.09. The Morgan fingerprint density at radius 1 is 1.17 bits per heavy atom. The first-order chi connectivity index (χ1) is 13.8. The second kappa shape index (κ2) is 9.15. The first-order valence-corrected chi connectivity index (χ1v) is 9.62. The van der Waals surface area contributed by atoms with E-state index in [2.05, 4.69) is 20.5 Å². The van der Waals surface area contributed by atoms with Gasteiger partial charge in [0, 0.05) is 5.02 Å². The smallest absolute Gasteiger partial charge is 0.325 e. The van der Waals surface area contributed by atoms with Crippen LogP contribution >= 0.6 is 23.4 Å². The van der Waals surface area contributed by atoms with Crippen LogP contribution in [0.15, 0.2) is 53.7 Å². The third-order valence-corrected chi connectivity index (χ3v) is 4.69. The maximum absolute atomic E-state index is 13.1. The summed E-state index contributed by atoms with van der Waals surface area (Å²) in [5.74, 6) is -0.276. The summed E-state index contributed by atoms with van der Waals surface area (Å²) < 4.78 is 39.2. The quantitative estimate of drug-likeness (QED) is 0.507. The van der Waals surface area contributed by atoms with Crippen molar-refractivity contribution in [3.05, 3.63) is 70.5 Å². The fourth-order valence-electron chi connectivity index (χ4n) is 2.31. The molecule has 2 aromatic carbocycles. The van der Waals surface area contributed by atoms with Crippen molar-refractivity contribution < 1.29 is 18.0 Å². The topological polar surface area (TPSA) is 70.7 Å². The molecule has 0 saturated carbocycles. The number of benzene rings is 2. The molecule has 3 rings (SSSR count). The Morgan fingerprint density at radius 3 is 2.66 bits per heavy atom. The number of aromatic amines is 1. The Balaban J connectivity index is 1.58. The van der Waals surface area contributed by atoms with Gasteiger partial charge >= 0.3 is 6.18 Å². The number of hydrogen-bond donors (Lipinski definition) is 2. The second-order valence-corrected chi connectivity index (χ2v) is 7.15. The molecule has 10 heteroatoms. The predicted octanol–water partition coefficient (Wildman–Crippen LogP) is 5.38. The minimum Gasteiger partial charge on any atom is -0.325 e. The van der Waals surface area contributed by atoms with Crippen LogP contribution in [-0.2, 0) is 11.0 Å². The molecule has 3 aromatic rings. The molecule has 0 atom stereocenters. The van der Waals surface area contributed by atoms with Gasteiger partial charge < -0.3 is 5.32 Å². The normalized spacial score (nSPS) is 11.7. The number of anilines is 1. The van der Waals surface area contributed by atoms with E-state index in [1.807, 2.05) is 36.4 Å². The van der Waals surface area contributed by atoms with E-state index in [1.165, 1.54) is 6.07 Å². The molecule has 0 aliphatic carbocycles. The average molecular weight is 439 g/mol. The van der Waals surface area contributed by atoms with Gasteiger partial charge in [-0.2, -0.15) is 13.2 Å². The van der Waals surface area contributed by atoms with Crippen LogP contribution in [0.3, 0.4) is 0 Å². The van der Waals surface area contributed by atoms with Crippen LogP contribution in [0, 0.1) is 0 Å². The van der Waals surface area contributed by atoms with E-state index in [0.717, 1.165) is 29.5 Å². The third-order valence-electron chi connectivity index (χ3n) is 3.61. The molecule has 0 aliphatic heterocycles. The maximum Gasteiger partial charge on any atom is 0.418 e. The zero-order valence-corrected chi connectivity index (χ0v) is 16.3. The van der Waals surface area contributed by atoms with Crippen LogP contribution in [0.25, 0.3) is 12.2 Å². The molecule has 1 aromatic heterocycles. The van der Waals surface area contributed by atoms with Crippen LogP contribution in [0.4, 0.5) is 18.9 Å². The number of amides is 1. The molecular weight excluding hydrogens is 425 g/mol. The number of hydrogen-bond acceptors (Lipinski definition) is 4. The molecule has 29 heavy (non-hydrogen) atoms. The summed E-state index contributed by atoms with van der Waals surface area (Å²) in [5.41, 5.74) is -0.371. The zero-order chi connectivity index (χ0) is 20.9. The highest BCUT2D eigenvalue weighted by molar-refractivity contribution is 7.99. The molecule has 1 amide bonds. The summed E-state index contributed by atoms with van der Waals surface area (Å²) in [5, 5.41) is 9.18. The van der Waals surface area contributed by atoms with Crippen molar-refractivity contribution in [1.29, 1.82) is 0 Å². The van der Waals surface area contributed by atoms with Crippen LogP contribution in [-0.4, -0.2) is 26.8 Å². The number of H-pyrrole nitrogens is 1. The number of thioether (sulfide) groups is 1. The monoisotopic (exact) mass is 438 g/mol. The summed E-state index contributed by atoms with van der Waals surface area (Å²) in [6.45, 7) is 0. The molecular formula is C19H14ClF3N4OS. The standard InChI is InChI=1S/C19H14ClF3N4OS/c20-13-7-8-15(14(10-13)19(21,22)23)24-17(28)11-29-18-25-16(26-27-18)9-6-12-4-2-1-3-5-12/h1-10H,11H2,(H,24,28)(H,25,26,27)/b9-6+. The minimum atomic E-state index is -4.63. The summed E-state index contributed by atoms with van der Waals surface area (Å²) in [6.07, 6.45) is -1.05. The molecule has 150 valence electrons. The number of halogens is 4. The number of carbonyl (C=O) groups excluding carboxylic acids is 1. The van der Waals surface area contributed by atoms with Crippen LogP contribution in [0.2, 0.25) is 5.02 Å². The zero-order valence-electron chi connectivity index (χ0n) is 14.7. The van der Waals surface area contributed by atoms with E-state index in [0.29, 0.717) is 11.0 Å². The van der Waals surface area contributed by atoms with Crippen molar-refractivity contribution in [2.75, 3.05) is 11.1 Å². The minimum absolute atomic E-state index is 0.0680. The van der Waals surface area contributed by atoms with Crippen molar-refractivity contribution in [2.45, 2.75) is 11.3 Å². The molecule has 0 fully saturated rings. The number of nitrogens with one attached hydrogen (secondary N) is 2. The van der Waals surface area contributed by atoms with Gasteiger partial charge in [-0.05, 0) is 29.8 Å². The number of rotatable bonds is 6. The van der Waals surface area contributed by atoms with E-state index in [9.17, 15) is 18.0 Å². The predicted molar refractivity (Wildman–Crippen MR) is 108 cm³/mol. The second-order valence-electron chi connectivity index (χ2n) is 5.77. The molecule has 5 nitrogen and oxygen atoms in total. The fraction of sp³-hybridized carbons (Fsp3) is 0.105. The third kappa shape index (κ3) is 6.10. The highest BCUT2D eigenvalue weighted by atomic mass is 35.5. The van der Waals surface area contributed by atoms with Gasteiger partial charge in [0.1, 0.15) is 5.82 Å². The Bertz CT molecular complexity index is 1020. The summed E-state index contributed by atoms with van der Waals surface area (Å²) >= 11 is 6.63. The van der Waals surface area contributed by atoms with E-state index in [-0.39, 0.29) is 16.5 Å². The highest BCUT2D eigenvalue weighted by Crippen LogP contribution is 2.36. The van der Waals surface area contributed by atoms with Gasteiger partial charge in [-0.1, -0.05) is 59.8 Å². The number of carbonyl (C=O) groups is 1. The van der Waals surface area contributed by atoms with Gasteiger partial charge in [0.25, 0.3) is 0 Å². The number of aromatic nitrogens is 3. The van der Waals surface area contributed by atoms with Gasteiger partial charge in [-0.25, -0.2) is 4.98 Å². The largest absolute Gasteiger partial charge is 0.418 e. The first-order valence-electron chi connectivity index (χ1n) is 8.26. The lowest BCUT2D eigenvalue weighted by Gasteiger charge is -2.13. The SMILES string of the molecule is O=C(CSc1n[nH]c(/C=C/c2ccccc2)n1)Nc1ccc(Cl)cc1C(F)(F)F. The summed E-state index contributed by atoms with van der Waals surface area (Å²) in [6, 6.07) is 12.7. The van der Waals surface area contributed by atoms with E-state index >= 15 is 0 Å². The molecule has 2 N–H and O–H groups in total.